The fourth-order valence-electron chi connectivity index (χ4n) is 1.83. The van der Waals surface area contributed by atoms with Gasteiger partial charge in [0.2, 0.25) is 0 Å². The summed E-state index contributed by atoms with van der Waals surface area (Å²) in [5.41, 5.74) is 2.10. The van der Waals surface area contributed by atoms with Crippen LogP contribution in [0.3, 0.4) is 0 Å². The molecule has 0 unspecified atom stereocenters. The van der Waals surface area contributed by atoms with Crippen LogP contribution in [-0.4, -0.2) is 18.0 Å². The summed E-state index contributed by atoms with van der Waals surface area (Å²) in [7, 11) is 0. The van der Waals surface area contributed by atoms with Crippen LogP contribution >= 0.6 is 0 Å². The Labute approximate surface area is 96.5 Å². The molecule has 1 saturated heterocycles. The van der Waals surface area contributed by atoms with Gasteiger partial charge in [0.15, 0.2) is 0 Å². The largest absolute Gasteiger partial charge is 0.374 e. The van der Waals surface area contributed by atoms with Crippen LogP contribution in [0.1, 0.15) is 19.8 Å². The van der Waals surface area contributed by atoms with Crippen molar-refractivity contribution in [1.82, 2.24) is 4.90 Å². The molecular formula is C13H17N3. The summed E-state index contributed by atoms with van der Waals surface area (Å²) in [4.78, 5) is 2.35. The van der Waals surface area contributed by atoms with E-state index in [2.05, 4.69) is 22.1 Å². The molecule has 1 aliphatic heterocycles. The van der Waals surface area contributed by atoms with E-state index in [0.717, 1.165) is 18.8 Å². The van der Waals surface area contributed by atoms with Crippen molar-refractivity contribution in [2.45, 2.75) is 19.8 Å². The lowest BCUT2D eigenvalue weighted by Gasteiger charge is -2.16. The Morgan fingerprint density at radius 2 is 1.88 bits per heavy atom. The van der Waals surface area contributed by atoms with Crippen LogP contribution in [0.15, 0.2) is 52.5 Å². The number of nitrogens with zero attached hydrogens (tertiary/aromatic N) is 3. The van der Waals surface area contributed by atoms with Gasteiger partial charge in [-0.2, -0.15) is 10.2 Å². The standard InChI is InChI=1S/C13H17N3/c1-12(16-9-5-6-10-16)11-14-15-13-7-3-2-4-8-13/h2-4,7-8,11H,5-6,9-10H2,1H3/b12-11-,15-14?. The van der Waals surface area contributed by atoms with Gasteiger partial charge in [-0.15, -0.1) is 0 Å². The quantitative estimate of drug-likeness (QED) is 0.706. The van der Waals surface area contributed by atoms with Crippen LogP contribution in [0.2, 0.25) is 0 Å². The first-order valence-electron chi connectivity index (χ1n) is 5.74. The monoisotopic (exact) mass is 215 g/mol. The summed E-state index contributed by atoms with van der Waals surface area (Å²) in [6.07, 6.45) is 4.43. The van der Waals surface area contributed by atoms with Crippen molar-refractivity contribution in [3.05, 3.63) is 42.2 Å². The van der Waals surface area contributed by atoms with E-state index in [0.29, 0.717) is 0 Å². The van der Waals surface area contributed by atoms with E-state index < -0.39 is 0 Å². The molecule has 0 radical (unpaired) electrons. The molecule has 1 aromatic rings. The zero-order valence-corrected chi connectivity index (χ0v) is 9.63. The van der Waals surface area contributed by atoms with E-state index in [4.69, 9.17) is 0 Å². The molecule has 1 fully saturated rings. The van der Waals surface area contributed by atoms with E-state index in [1.54, 1.807) is 0 Å². The Balaban J connectivity index is 1.95. The molecule has 0 atom stereocenters. The first-order chi connectivity index (χ1) is 7.86. The van der Waals surface area contributed by atoms with Gasteiger partial charge in [0, 0.05) is 18.8 Å². The fourth-order valence-corrected chi connectivity index (χ4v) is 1.83. The molecule has 3 heteroatoms. The minimum absolute atomic E-state index is 0.896. The lowest BCUT2D eigenvalue weighted by molar-refractivity contribution is 0.426. The van der Waals surface area contributed by atoms with Crippen LogP contribution in [0.4, 0.5) is 5.69 Å². The molecule has 0 saturated carbocycles. The van der Waals surface area contributed by atoms with E-state index in [-0.39, 0.29) is 0 Å². The molecule has 0 aliphatic carbocycles. The van der Waals surface area contributed by atoms with Crippen molar-refractivity contribution in [1.29, 1.82) is 0 Å². The van der Waals surface area contributed by atoms with Crippen molar-refractivity contribution in [3.63, 3.8) is 0 Å². The highest BCUT2D eigenvalue weighted by Gasteiger charge is 2.10. The first-order valence-corrected chi connectivity index (χ1v) is 5.74. The third kappa shape index (κ3) is 2.92. The van der Waals surface area contributed by atoms with Gasteiger partial charge in [-0.25, -0.2) is 0 Å². The summed E-state index contributed by atoms with van der Waals surface area (Å²) in [6.45, 7) is 4.40. The van der Waals surface area contributed by atoms with Crippen LogP contribution in [-0.2, 0) is 0 Å². The van der Waals surface area contributed by atoms with Crippen LogP contribution in [0.25, 0.3) is 0 Å². The van der Waals surface area contributed by atoms with Gasteiger partial charge in [-0.3, -0.25) is 0 Å². The molecule has 0 N–H and O–H groups in total. The summed E-state index contributed by atoms with van der Waals surface area (Å²) >= 11 is 0. The predicted molar refractivity (Wildman–Crippen MR) is 65.5 cm³/mol. The fraction of sp³-hybridized carbons (Fsp3) is 0.385. The average molecular weight is 215 g/mol. The maximum Gasteiger partial charge on any atom is 0.0856 e. The molecule has 3 nitrogen and oxygen atoms in total. The van der Waals surface area contributed by atoms with Crippen LogP contribution in [0.5, 0.6) is 0 Å². The van der Waals surface area contributed by atoms with E-state index >= 15 is 0 Å². The van der Waals surface area contributed by atoms with Crippen LogP contribution in [0, 0.1) is 0 Å². The number of hydrogen-bond acceptors (Lipinski definition) is 3. The van der Waals surface area contributed by atoms with Crippen molar-refractivity contribution < 1.29 is 0 Å². The highest BCUT2D eigenvalue weighted by Crippen LogP contribution is 2.15. The first kappa shape index (κ1) is 10.9. The molecule has 0 aromatic heterocycles. The predicted octanol–water partition coefficient (Wildman–Crippen LogP) is 3.73. The Bertz CT molecular complexity index is 375. The molecular weight excluding hydrogens is 198 g/mol. The number of likely N-dealkylation sites (tertiary alicyclic amines) is 1. The summed E-state index contributed by atoms with van der Waals surface area (Å²) < 4.78 is 0. The average Bonchev–Trinajstić information content (AvgIpc) is 2.84. The summed E-state index contributed by atoms with van der Waals surface area (Å²) in [6, 6.07) is 9.80. The lowest BCUT2D eigenvalue weighted by Crippen LogP contribution is -2.15. The molecule has 2 rings (SSSR count). The summed E-state index contributed by atoms with van der Waals surface area (Å²) in [5.74, 6) is 0. The Morgan fingerprint density at radius 3 is 2.56 bits per heavy atom. The second-order valence-corrected chi connectivity index (χ2v) is 4.02. The highest BCUT2D eigenvalue weighted by atomic mass is 15.2. The van der Waals surface area contributed by atoms with Crippen molar-refractivity contribution in [3.8, 4) is 0 Å². The maximum atomic E-state index is 4.14. The minimum atomic E-state index is 0.896. The van der Waals surface area contributed by atoms with Crippen molar-refractivity contribution in [2.24, 2.45) is 10.2 Å². The summed E-state index contributed by atoms with van der Waals surface area (Å²) in [5, 5.41) is 8.25. The van der Waals surface area contributed by atoms with Crippen molar-refractivity contribution >= 4 is 5.69 Å². The van der Waals surface area contributed by atoms with E-state index in [9.17, 15) is 0 Å². The van der Waals surface area contributed by atoms with E-state index in [1.807, 2.05) is 36.5 Å². The normalized spacial score (nSPS) is 17.3. The topological polar surface area (TPSA) is 28.0 Å². The SMILES string of the molecule is C/C(=C/N=Nc1ccccc1)N1CCCC1. The maximum absolute atomic E-state index is 4.14. The molecule has 0 bridgehead atoms. The third-order valence-corrected chi connectivity index (χ3v) is 2.78. The molecule has 0 spiro atoms. The molecule has 0 amide bonds. The second kappa shape index (κ2) is 5.45. The lowest BCUT2D eigenvalue weighted by atomic mass is 10.3. The molecule has 84 valence electrons. The Morgan fingerprint density at radius 1 is 1.19 bits per heavy atom. The zero-order chi connectivity index (χ0) is 11.2. The number of rotatable bonds is 3. The van der Waals surface area contributed by atoms with Crippen molar-refractivity contribution in [2.75, 3.05) is 13.1 Å². The molecule has 1 aromatic carbocycles. The van der Waals surface area contributed by atoms with Gasteiger partial charge >= 0.3 is 0 Å². The number of azo groups is 1. The molecule has 1 heterocycles. The van der Waals surface area contributed by atoms with Gasteiger partial charge in [0.25, 0.3) is 0 Å². The van der Waals surface area contributed by atoms with Gasteiger partial charge in [-0.1, -0.05) is 18.2 Å². The van der Waals surface area contributed by atoms with Gasteiger partial charge in [-0.05, 0) is 31.9 Å². The zero-order valence-electron chi connectivity index (χ0n) is 9.63. The Kier molecular flexibility index (Phi) is 3.70. The third-order valence-electron chi connectivity index (χ3n) is 2.78. The number of hydrogen-bond donors (Lipinski definition) is 0. The van der Waals surface area contributed by atoms with Crippen LogP contribution < -0.4 is 0 Å². The number of allylic oxidation sites excluding steroid dienone is 1. The number of benzene rings is 1. The van der Waals surface area contributed by atoms with E-state index in [1.165, 1.54) is 18.5 Å². The molecule has 1 aliphatic rings. The van der Waals surface area contributed by atoms with Gasteiger partial charge < -0.3 is 4.90 Å². The molecule has 16 heavy (non-hydrogen) atoms. The van der Waals surface area contributed by atoms with Gasteiger partial charge in [0.05, 0.1) is 11.9 Å². The van der Waals surface area contributed by atoms with Gasteiger partial charge in [0.1, 0.15) is 0 Å². The smallest absolute Gasteiger partial charge is 0.0856 e. The minimum Gasteiger partial charge on any atom is -0.374 e. The second-order valence-electron chi connectivity index (χ2n) is 4.02. The Hall–Kier alpha value is -1.64. The highest BCUT2D eigenvalue weighted by molar-refractivity contribution is 5.34.